The Morgan fingerprint density at radius 3 is 2.72 bits per heavy atom. The standard InChI is InChI=1S/C18H27N3O3.ClH/c1-11(2)17(21-16(22)10-24-3)18(23)20-15-6-4-5-12-9-13(19)7-8-14(12)15;/h7-9,11,15,17H,4-6,10,19H2,1-3H3,(H,20,23)(H,21,22);1H/t15?,17-;/m0./s1. The van der Waals surface area contributed by atoms with Crippen molar-refractivity contribution in [2.75, 3.05) is 19.5 Å². The summed E-state index contributed by atoms with van der Waals surface area (Å²) in [5.41, 5.74) is 8.91. The molecule has 0 spiro atoms. The van der Waals surface area contributed by atoms with E-state index in [0.717, 1.165) is 30.5 Å². The van der Waals surface area contributed by atoms with Gasteiger partial charge in [-0.25, -0.2) is 0 Å². The minimum atomic E-state index is -0.577. The van der Waals surface area contributed by atoms with Crippen molar-refractivity contribution >= 4 is 29.9 Å². The Balaban J connectivity index is 0.00000312. The molecule has 4 N–H and O–H groups in total. The highest BCUT2D eigenvalue weighted by atomic mass is 35.5. The maximum absolute atomic E-state index is 12.7. The number of nitrogen functional groups attached to an aromatic ring is 1. The molecule has 0 fully saturated rings. The maximum atomic E-state index is 12.7. The van der Waals surface area contributed by atoms with Crippen LogP contribution in [0.25, 0.3) is 0 Å². The van der Waals surface area contributed by atoms with Crippen LogP contribution in [-0.4, -0.2) is 31.6 Å². The van der Waals surface area contributed by atoms with E-state index >= 15 is 0 Å². The Morgan fingerprint density at radius 2 is 2.08 bits per heavy atom. The number of anilines is 1. The zero-order valence-electron chi connectivity index (χ0n) is 15.0. The quantitative estimate of drug-likeness (QED) is 0.668. The molecular weight excluding hydrogens is 342 g/mol. The molecule has 1 aliphatic rings. The summed E-state index contributed by atoms with van der Waals surface area (Å²) >= 11 is 0. The van der Waals surface area contributed by atoms with Crippen molar-refractivity contribution in [2.45, 2.75) is 45.2 Å². The number of carbonyl (C=O) groups excluding carboxylic acids is 2. The molecule has 0 bridgehead atoms. The van der Waals surface area contributed by atoms with E-state index in [1.807, 2.05) is 32.0 Å². The second-order valence-corrected chi connectivity index (χ2v) is 6.63. The van der Waals surface area contributed by atoms with Gasteiger partial charge in [0.15, 0.2) is 0 Å². The molecule has 25 heavy (non-hydrogen) atoms. The largest absolute Gasteiger partial charge is 0.399 e. The van der Waals surface area contributed by atoms with Crippen LogP contribution in [0.5, 0.6) is 0 Å². The molecule has 1 aromatic carbocycles. The van der Waals surface area contributed by atoms with E-state index in [4.69, 9.17) is 10.5 Å². The number of halogens is 1. The van der Waals surface area contributed by atoms with E-state index < -0.39 is 6.04 Å². The molecule has 0 aliphatic heterocycles. The van der Waals surface area contributed by atoms with Gasteiger partial charge in [-0.05, 0) is 48.4 Å². The summed E-state index contributed by atoms with van der Waals surface area (Å²) in [6.07, 6.45) is 2.87. The average molecular weight is 370 g/mol. The SMILES string of the molecule is COCC(=O)N[C@H](C(=O)NC1CCCc2cc(N)ccc21)C(C)C.Cl. The summed E-state index contributed by atoms with van der Waals surface area (Å²) in [6.45, 7) is 3.77. The average Bonchev–Trinajstić information content (AvgIpc) is 2.52. The van der Waals surface area contributed by atoms with Crippen LogP contribution in [0.4, 0.5) is 5.69 Å². The first-order chi connectivity index (χ1) is 11.4. The fourth-order valence-corrected chi connectivity index (χ4v) is 3.13. The fourth-order valence-electron chi connectivity index (χ4n) is 3.13. The lowest BCUT2D eigenvalue weighted by Gasteiger charge is -2.29. The highest BCUT2D eigenvalue weighted by Gasteiger charge is 2.28. The number of benzene rings is 1. The minimum Gasteiger partial charge on any atom is -0.399 e. The number of amides is 2. The molecule has 1 aliphatic carbocycles. The van der Waals surface area contributed by atoms with Crippen LogP contribution in [0.3, 0.4) is 0 Å². The van der Waals surface area contributed by atoms with Gasteiger partial charge in [0.1, 0.15) is 12.6 Å². The first-order valence-electron chi connectivity index (χ1n) is 8.39. The summed E-state index contributed by atoms with van der Waals surface area (Å²) in [7, 11) is 1.45. The monoisotopic (exact) mass is 369 g/mol. The molecule has 0 heterocycles. The smallest absolute Gasteiger partial charge is 0.246 e. The molecule has 0 radical (unpaired) electrons. The minimum absolute atomic E-state index is 0. The van der Waals surface area contributed by atoms with Crippen LogP contribution in [0.15, 0.2) is 18.2 Å². The summed E-state index contributed by atoms with van der Waals surface area (Å²) in [5.74, 6) is -0.465. The normalized spacial score (nSPS) is 17.2. The number of nitrogens with one attached hydrogen (secondary N) is 2. The van der Waals surface area contributed by atoms with Gasteiger partial charge in [-0.3, -0.25) is 9.59 Å². The van der Waals surface area contributed by atoms with E-state index in [9.17, 15) is 9.59 Å². The lowest BCUT2D eigenvalue weighted by atomic mass is 9.87. The summed E-state index contributed by atoms with van der Waals surface area (Å²) in [5, 5.41) is 5.83. The van der Waals surface area contributed by atoms with Crippen molar-refractivity contribution in [3.63, 3.8) is 0 Å². The summed E-state index contributed by atoms with van der Waals surface area (Å²) in [6, 6.07) is 5.22. The third kappa shape index (κ3) is 5.61. The third-order valence-electron chi connectivity index (χ3n) is 4.34. The lowest BCUT2D eigenvalue weighted by molar-refractivity contribution is -0.132. The number of aryl methyl sites for hydroxylation is 1. The van der Waals surface area contributed by atoms with Gasteiger partial charge in [0.05, 0.1) is 6.04 Å². The molecule has 1 aromatic rings. The van der Waals surface area contributed by atoms with E-state index in [2.05, 4.69) is 10.6 Å². The van der Waals surface area contributed by atoms with Gasteiger partial charge in [0, 0.05) is 12.8 Å². The Morgan fingerprint density at radius 1 is 1.36 bits per heavy atom. The van der Waals surface area contributed by atoms with Gasteiger partial charge < -0.3 is 21.1 Å². The molecule has 2 amide bonds. The number of carbonyl (C=O) groups is 2. The Hall–Kier alpha value is -1.79. The zero-order valence-corrected chi connectivity index (χ0v) is 15.8. The summed E-state index contributed by atoms with van der Waals surface area (Å²) < 4.78 is 4.82. The van der Waals surface area contributed by atoms with Gasteiger partial charge in [0.2, 0.25) is 11.8 Å². The summed E-state index contributed by atoms with van der Waals surface area (Å²) in [4.78, 5) is 24.4. The van der Waals surface area contributed by atoms with E-state index in [1.54, 1.807) is 0 Å². The number of ether oxygens (including phenoxy) is 1. The first kappa shape index (κ1) is 21.3. The number of nitrogens with two attached hydrogens (primary N) is 1. The van der Waals surface area contributed by atoms with E-state index in [0.29, 0.717) is 0 Å². The number of methoxy groups -OCH3 is 1. The Kier molecular flexibility index (Phi) is 8.19. The molecule has 2 atom stereocenters. The molecule has 0 aromatic heterocycles. The first-order valence-corrected chi connectivity index (χ1v) is 8.39. The molecule has 1 unspecified atom stereocenters. The lowest BCUT2D eigenvalue weighted by Crippen LogP contribution is -2.51. The van der Waals surface area contributed by atoms with Crippen LogP contribution in [0.1, 0.15) is 43.9 Å². The molecule has 140 valence electrons. The van der Waals surface area contributed by atoms with Crippen LogP contribution < -0.4 is 16.4 Å². The molecular formula is C18H28ClN3O3. The number of fused-ring (bicyclic) bond motifs is 1. The Labute approximate surface area is 155 Å². The number of rotatable bonds is 6. The van der Waals surface area contributed by atoms with Crippen LogP contribution in [0, 0.1) is 5.92 Å². The number of hydrogen-bond acceptors (Lipinski definition) is 4. The molecule has 2 rings (SSSR count). The van der Waals surface area contributed by atoms with E-state index in [-0.39, 0.29) is 42.8 Å². The highest BCUT2D eigenvalue weighted by molar-refractivity contribution is 5.88. The molecule has 0 saturated carbocycles. The predicted octanol–water partition coefficient (Wildman–Crippen LogP) is 1.97. The van der Waals surface area contributed by atoms with Gasteiger partial charge in [0.25, 0.3) is 0 Å². The van der Waals surface area contributed by atoms with Crippen molar-refractivity contribution in [1.29, 1.82) is 0 Å². The van der Waals surface area contributed by atoms with Crippen LogP contribution in [0.2, 0.25) is 0 Å². The van der Waals surface area contributed by atoms with Crippen molar-refractivity contribution in [3.05, 3.63) is 29.3 Å². The molecule has 7 heteroatoms. The van der Waals surface area contributed by atoms with Crippen LogP contribution in [-0.2, 0) is 20.7 Å². The van der Waals surface area contributed by atoms with Gasteiger partial charge in [-0.15, -0.1) is 12.4 Å². The van der Waals surface area contributed by atoms with Crippen molar-refractivity contribution in [3.8, 4) is 0 Å². The van der Waals surface area contributed by atoms with Crippen LogP contribution >= 0.6 is 12.4 Å². The topological polar surface area (TPSA) is 93.4 Å². The fraction of sp³-hybridized carbons (Fsp3) is 0.556. The van der Waals surface area contributed by atoms with Crippen molar-refractivity contribution in [2.24, 2.45) is 5.92 Å². The van der Waals surface area contributed by atoms with Gasteiger partial charge in [-0.2, -0.15) is 0 Å². The van der Waals surface area contributed by atoms with Gasteiger partial charge in [-0.1, -0.05) is 19.9 Å². The highest BCUT2D eigenvalue weighted by Crippen LogP contribution is 2.31. The van der Waals surface area contributed by atoms with Crippen molar-refractivity contribution < 1.29 is 14.3 Å². The third-order valence-corrected chi connectivity index (χ3v) is 4.34. The number of hydrogen-bond donors (Lipinski definition) is 3. The molecule has 6 nitrogen and oxygen atoms in total. The Bertz CT molecular complexity index is 607. The predicted molar refractivity (Wildman–Crippen MR) is 101 cm³/mol. The maximum Gasteiger partial charge on any atom is 0.246 e. The molecule has 0 saturated heterocycles. The zero-order chi connectivity index (χ0) is 17.7. The van der Waals surface area contributed by atoms with E-state index in [1.165, 1.54) is 12.7 Å². The van der Waals surface area contributed by atoms with Crippen molar-refractivity contribution in [1.82, 2.24) is 10.6 Å². The van der Waals surface area contributed by atoms with Gasteiger partial charge >= 0.3 is 0 Å². The second kappa shape index (κ2) is 9.63. The second-order valence-electron chi connectivity index (χ2n) is 6.63.